The van der Waals surface area contributed by atoms with Gasteiger partial charge < -0.3 is 34.2 Å². The van der Waals surface area contributed by atoms with Crippen LogP contribution in [0, 0.1) is 18.3 Å². The van der Waals surface area contributed by atoms with Gasteiger partial charge in [-0.1, -0.05) is 41.9 Å². The standard InChI is InChI=1S/C42H48ClN5O6/c1-28-31(6-3-7-34(28)35-8-4-9-39-36(35)12-17-48(39)14-5-13-47-15-10-33(50)11-16-47)27-54-41-20-40(53-26-30-18-29(21-44)22-45-23-30)32(19-37(41)43)24-46-38(25-49)42(51)52-2/h3-4,6-9,18-20,22-23,33,38,46,49-50H,5,10-17,24-27H2,1-2H3/t38-/m0/s1. The Morgan fingerprint density at radius 2 is 1.80 bits per heavy atom. The molecule has 0 unspecified atom stereocenters. The van der Waals surface area contributed by atoms with E-state index in [1.54, 1.807) is 24.4 Å². The zero-order chi connectivity index (χ0) is 38.0. The molecule has 12 heteroatoms. The van der Waals surface area contributed by atoms with Gasteiger partial charge in [0.1, 0.15) is 36.8 Å². The van der Waals surface area contributed by atoms with Gasteiger partial charge in [-0.2, -0.15) is 5.26 Å². The molecule has 1 atom stereocenters. The first-order valence-electron chi connectivity index (χ1n) is 18.5. The van der Waals surface area contributed by atoms with E-state index in [0.29, 0.717) is 33.2 Å². The van der Waals surface area contributed by atoms with E-state index in [1.165, 1.54) is 35.7 Å². The number of nitriles is 1. The number of aliphatic hydroxyl groups is 2. The van der Waals surface area contributed by atoms with Crippen molar-refractivity contribution in [2.24, 2.45) is 0 Å². The number of methoxy groups -OCH3 is 1. The molecule has 0 spiro atoms. The van der Waals surface area contributed by atoms with Crippen molar-refractivity contribution >= 4 is 23.3 Å². The summed E-state index contributed by atoms with van der Waals surface area (Å²) in [6, 6.07) is 19.2. The fraction of sp³-hybridized carbons (Fsp3) is 0.405. The number of fused-ring (bicyclic) bond motifs is 1. The summed E-state index contributed by atoms with van der Waals surface area (Å²) >= 11 is 6.78. The number of esters is 1. The van der Waals surface area contributed by atoms with Gasteiger partial charge in [0, 0.05) is 68.0 Å². The maximum Gasteiger partial charge on any atom is 0.325 e. The van der Waals surface area contributed by atoms with Crippen LogP contribution in [0.4, 0.5) is 5.69 Å². The molecule has 6 rings (SSSR count). The number of benzene rings is 3. The molecule has 54 heavy (non-hydrogen) atoms. The average molecular weight is 754 g/mol. The second-order valence-electron chi connectivity index (χ2n) is 13.9. The fourth-order valence-electron chi connectivity index (χ4n) is 7.25. The molecule has 3 aromatic carbocycles. The maximum atomic E-state index is 12.1. The first-order valence-corrected chi connectivity index (χ1v) is 18.9. The van der Waals surface area contributed by atoms with E-state index in [2.05, 4.69) is 69.5 Å². The van der Waals surface area contributed by atoms with E-state index < -0.39 is 18.6 Å². The molecule has 0 radical (unpaired) electrons. The van der Waals surface area contributed by atoms with Gasteiger partial charge in [-0.3, -0.25) is 15.1 Å². The highest BCUT2D eigenvalue weighted by atomic mass is 35.5. The van der Waals surface area contributed by atoms with E-state index in [4.69, 9.17) is 25.8 Å². The number of aromatic nitrogens is 1. The van der Waals surface area contributed by atoms with Gasteiger partial charge in [0.2, 0.25) is 0 Å². The highest BCUT2D eigenvalue weighted by Crippen LogP contribution is 2.39. The zero-order valence-electron chi connectivity index (χ0n) is 30.9. The minimum atomic E-state index is -0.931. The largest absolute Gasteiger partial charge is 0.488 e. The normalized spacial score (nSPS) is 15.1. The van der Waals surface area contributed by atoms with Crippen molar-refractivity contribution in [3.05, 3.63) is 105 Å². The van der Waals surface area contributed by atoms with Crippen LogP contribution in [0.5, 0.6) is 11.5 Å². The Morgan fingerprint density at radius 3 is 2.57 bits per heavy atom. The summed E-state index contributed by atoms with van der Waals surface area (Å²) in [4.78, 5) is 21.2. The number of halogens is 1. The lowest BCUT2D eigenvalue weighted by molar-refractivity contribution is -0.144. The highest BCUT2D eigenvalue weighted by molar-refractivity contribution is 6.32. The van der Waals surface area contributed by atoms with Crippen LogP contribution in [0.3, 0.4) is 0 Å². The number of nitrogens with zero attached hydrogens (tertiary/aromatic N) is 4. The minimum Gasteiger partial charge on any atom is -0.488 e. The number of hydrogen-bond acceptors (Lipinski definition) is 11. The van der Waals surface area contributed by atoms with Crippen LogP contribution in [0.25, 0.3) is 11.1 Å². The van der Waals surface area contributed by atoms with Gasteiger partial charge in [-0.15, -0.1) is 0 Å². The number of ether oxygens (including phenoxy) is 3. The van der Waals surface area contributed by atoms with Crippen molar-refractivity contribution in [2.45, 2.75) is 64.5 Å². The second-order valence-corrected chi connectivity index (χ2v) is 14.3. The van der Waals surface area contributed by atoms with Crippen LogP contribution in [0.1, 0.15) is 52.6 Å². The fourth-order valence-corrected chi connectivity index (χ4v) is 7.49. The molecule has 0 saturated carbocycles. The second kappa shape index (κ2) is 18.6. The van der Waals surface area contributed by atoms with Crippen molar-refractivity contribution in [3.8, 4) is 28.7 Å². The Balaban J connectivity index is 1.17. The first kappa shape index (κ1) is 39.0. The van der Waals surface area contributed by atoms with Crippen molar-refractivity contribution < 1.29 is 29.2 Å². The monoisotopic (exact) mass is 753 g/mol. The van der Waals surface area contributed by atoms with Crippen LogP contribution >= 0.6 is 11.6 Å². The number of aliphatic hydroxyl groups excluding tert-OH is 2. The highest BCUT2D eigenvalue weighted by Gasteiger charge is 2.24. The number of carbonyl (C=O) groups is 1. The molecule has 2 aliphatic heterocycles. The Kier molecular flexibility index (Phi) is 13.4. The number of nitrogens with one attached hydrogen (secondary N) is 1. The predicted molar refractivity (Wildman–Crippen MR) is 208 cm³/mol. The van der Waals surface area contributed by atoms with E-state index in [-0.39, 0.29) is 25.9 Å². The molecule has 284 valence electrons. The lowest BCUT2D eigenvalue weighted by Gasteiger charge is -2.30. The molecule has 4 aromatic rings. The zero-order valence-corrected chi connectivity index (χ0v) is 31.6. The van der Waals surface area contributed by atoms with Crippen molar-refractivity contribution in [3.63, 3.8) is 0 Å². The summed E-state index contributed by atoms with van der Waals surface area (Å²) in [5, 5.41) is 32.2. The molecule has 11 nitrogen and oxygen atoms in total. The topological polar surface area (TPSA) is 140 Å². The first-order chi connectivity index (χ1) is 26.3. The lowest BCUT2D eigenvalue weighted by atomic mass is 9.92. The molecule has 3 heterocycles. The van der Waals surface area contributed by atoms with Crippen molar-refractivity contribution in [1.29, 1.82) is 5.26 Å². The number of likely N-dealkylation sites (tertiary alicyclic amines) is 1. The van der Waals surface area contributed by atoms with Crippen LogP contribution in [-0.4, -0.2) is 84.7 Å². The molecular weight excluding hydrogens is 706 g/mol. The molecule has 3 N–H and O–H groups in total. The Hall–Kier alpha value is -4.70. The number of piperidine rings is 1. The number of carbonyl (C=O) groups excluding carboxylic acids is 1. The third kappa shape index (κ3) is 9.50. The third-order valence-corrected chi connectivity index (χ3v) is 10.6. The quantitative estimate of drug-likeness (QED) is 0.124. The van der Waals surface area contributed by atoms with Gasteiger partial charge in [0.05, 0.1) is 30.4 Å². The Labute approximate surface area is 322 Å². The van der Waals surface area contributed by atoms with Crippen LogP contribution in [-0.2, 0) is 35.7 Å². The summed E-state index contributed by atoms with van der Waals surface area (Å²) in [7, 11) is 1.26. The minimum absolute atomic E-state index is 0.125. The van der Waals surface area contributed by atoms with E-state index in [1.807, 2.05) is 0 Å². The summed E-state index contributed by atoms with van der Waals surface area (Å²) < 4.78 is 17.4. The summed E-state index contributed by atoms with van der Waals surface area (Å²) in [5.74, 6) is 0.287. The molecule has 2 aliphatic rings. The average Bonchev–Trinajstić information content (AvgIpc) is 3.61. The number of anilines is 1. The molecule has 1 aromatic heterocycles. The van der Waals surface area contributed by atoms with E-state index in [9.17, 15) is 20.3 Å². The molecule has 1 fully saturated rings. The summed E-state index contributed by atoms with van der Waals surface area (Å²) in [6.45, 7) is 7.26. The maximum absolute atomic E-state index is 12.1. The predicted octanol–water partition coefficient (Wildman–Crippen LogP) is 5.57. The molecule has 0 aliphatic carbocycles. The van der Waals surface area contributed by atoms with Gasteiger partial charge >= 0.3 is 5.97 Å². The Morgan fingerprint density at radius 1 is 1.02 bits per heavy atom. The third-order valence-electron chi connectivity index (χ3n) is 10.3. The molecule has 1 saturated heterocycles. The van der Waals surface area contributed by atoms with Gasteiger partial charge in [-0.05, 0) is 85.2 Å². The number of rotatable bonds is 16. The molecular formula is C42H48ClN5O6. The molecule has 0 amide bonds. The summed E-state index contributed by atoms with van der Waals surface area (Å²) in [5.41, 5.74) is 9.02. The van der Waals surface area contributed by atoms with Crippen molar-refractivity contribution in [1.82, 2.24) is 15.2 Å². The van der Waals surface area contributed by atoms with Gasteiger partial charge in [0.15, 0.2) is 0 Å². The van der Waals surface area contributed by atoms with E-state index >= 15 is 0 Å². The van der Waals surface area contributed by atoms with Gasteiger partial charge in [0.25, 0.3) is 0 Å². The smallest absolute Gasteiger partial charge is 0.325 e. The SMILES string of the molecule is COC(=O)[C@H](CO)NCc1cc(Cl)c(OCc2cccc(-c3cccc4c3CCN4CCCN3CCC(O)CC3)c2C)cc1OCc1cncc(C#N)c1. The van der Waals surface area contributed by atoms with Crippen LogP contribution in [0.15, 0.2) is 67.0 Å². The Bertz CT molecular complexity index is 1960. The van der Waals surface area contributed by atoms with Gasteiger partial charge in [-0.25, -0.2) is 0 Å². The van der Waals surface area contributed by atoms with Crippen LogP contribution in [0.2, 0.25) is 5.02 Å². The molecule has 0 bridgehead atoms. The number of hydrogen-bond donors (Lipinski definition) is 3. The lowest BCUT2D eigenvalue weighted by Crippen LogP contribution is -2.40. The van der Waals surface area contributed by atoms with Crippen LogP contribution < -0.4 is 19.7 Å². The summed E-state index contributed by atoms with van der Waals surface area (Å²) in [6.07, 6.45) is 6.81. The van der Waals surface area contributed by atoms with E-state index in [0.717, 1.165) is 69.5 Å². The number of pyridine rings is 1. The van der Waals surface area contributed by atoms with Crippen molar-refractivity contribution in [2.75, 3.05) is 51.3 Å².